The minimum atomic E-state index is -0.473. The minimum Gasteiger partial charge on any atom is -0.496 e. The number of para-hydroxylation sites is 1. The highest BCUT2D eigenvalue weighted by atomic mass is 16.6. The Hall–Kier alpha value is -2.95. The minimum absolute atomic E-state index is 0.0121. The summed E-state index contributed by atoms with van der Waals surface area (Å²) in [6.07, 6.45) is 2.92. The van der Waals surface area contributed by atoms with Crippen molar-refractivity contribution in [3.8, 4) is 5.75 Å². The fourth-order valence-corrected chi connectivity index (χ4v) is 1.85. The molecule has 0 bridgehead atoms. The number of nitrogens with zero attached hydrogens (tertiary/aromatic N) is 1. The van der Waals surface area contributed by atoms with Crippen LogP contribution in [-0.4, -0.2) is 17.8 Å². The molecule has 0 radical (unpaired) electrons. The topological polar surface area (TPSA) is 69.4 Å². The van der Waals surface area contributed by atoms with Crippen LogP contribution in [0.5, 0.6) is 5.75 Å². The second-order valence-electron chi connectivity index (χ2n) is 4.25. The van der Waals surface area contributed by atoms with Gasteiger partial charge in [-0.25, -0.2) is 0 Å². The van der Waals surface area contributed by atoms with Crippen molar-refractivity contribution in [1.29, 1.82) is 0 Å². The van der Waals surface area contributed by atoms with Crippen molar-refractivity contribution in [2.24, 2.45) is 0 Å². The molecule has 0 atom stereocenters. The van der Waals surface area contributed by atoms with Crippen molar-refractivity contribution >= 4 is 17.5 Å². The van der Waals surface area contributed by atoms with Gasteiger partial charge in [-0.3, -0.25) is 14.9 Å². The number of rotatable bonds is 5. The van der Waals surface area contributed by atoms with E-state index in [4.69, 9.17) is 4.74 Å². The number of hydrogen-bond donors (Lipinski definition) is 0. The van der Waals surface area contributed by atoms with Gasteiger partial charge in [0.15, 0.2) is 5.78 Å². The smallest absolute Gasteiger partial charge is 0.270 e. The zero-order chi connectivity index (χ0) is 15.2. The summed E-state index contributed by atoms with van der Waals surface area (Å²) in [5.74, 6) is 0.269. The van der Waals surface area contributed by atoms with Crippen molar-refractivity contribution in [2.45, 2.75) is 0 Å². The summed E-state index contributed by atoms with van der Waals surface area (Å²) in [5, 5.41) is 10.7. The molecule has 0 N–H and O–H groups in total. The standard InChI is InChI=1S/C16H13NO4/c1-21-16-8-3-2-7-14(16)15(18)10-9-12-5-4-6-13(11-12)17(19)20/h2-11H,1H3/b10-9+. The number of allylic oxidation sites excluding steroid dienone is 1. The molecule has 0 saturated heterocycles. The molecule has 0 amide bonds. The van der Waals surface area contributed by atoms with Crippen LogP contribution in [0.15, 0.2) is 54.6 Å². The van der Waals surface area contributed by atoms with Crippen molar-refractivity contribution < 1.29 is 14.5 Å². The highest BCUT2D eigenvalue weighted by Crippen LogP contribution is 2.19. The normalized spacial score (nSPS) is 10.5. The third kappa shape index (κ3) is 3.54. The molecule has 2 aromatic carbocycles. The average Bonchev–Trinajstić information content (AvgIpc) is 2.52. The van der Waals surface area contributed by atoms with Gasteiger partial charge in [-0.2, -0.15) is 0 Å². The number of ether oxygens (including phenoxy) is 1. The van der Waals surface area contributed by atoms with E-state index in [9.17, 15) is 14.9 Å². The van der Waals surface area contributed by atoms with Crippen molar-refractivity contribution in [1.82, 2.24) is 0 Å². The Morgan fingerprint density at radius 2 is 1.95 bits per heavy atom. The van der Waals surface area contributed by atoms with Crippen molar-refractivity contribution in [3.05, 3.63) is 75.8 Å². The molecule has 5 heteroatoms. The van der Waals surface area contributed by atoms with E-state index in [-0.39, 0.29) is 11.5 Å². The predicted molar refractivity (Wildman–Crippen MR) is 79.5 cm³/mol. The molecule has 0 fully saturated rings. The molecule has 21 heavy (non-hydrogen) atoms. The highest BCUT2D eigenvalue weighted by molar-refractivity contribution is 6.08. The van der Waals surface area contributed by atoms with Crippen LogP contribution in [0.4, 0.5) is 5.69 Å². The Morgan fingerprint density at radius 1 is 1.19 bits per heavy atom. The maximum Gasteiger partial charge on any atom is 0.270 e. The van der Waals surface area contributed by atoms with E-state index in [0.29, 0.717) is 16.9 Å². The molecule has 106 valence electrons. The molecule has 0 spiro atoms. The monoisotopic (exact) mass is 283 g/mol. The largest absolute Gasteiger partial charge is 0.496 e. The van der Waals surface area contributed by atoms with E-state index in [1.165, 1.54) is 25.3 Å². The number of ketones is 1. The number of nitro groups is 1. The highest BCUT2D eigenvalue weighted by Gasteiger charge is 2.08. The lowest BCUT2D eigenvalue weighted by Crippen LogP contribution is -1.98. The molecule has 0 unspecified atom stereocenters. The fourth-order valence-electron chi connectivity index (χ4n) is 1.85. The van der Waals surface area contributed by atoms with E-state index >= 15 is 0 Å². The Labute approximate surface area is 121 Å². The number of carbonyl (C=O) groups excluding carboxylic acids is 1. The Kier molecular flexibility index (Phi) is 4.46. The van der Waals surface area contributed by atoms with Gasteiger partial charge in [0.25, 0.3) is 5.69 Å². The second kappa shape index (κ2) is 6.47. The Morgan fingerprint density at radius 3 is 2.67 bits per heavy atom. The quantitative estimate of drug-likeness (QED) is 0.364. The first-order chi connectivity index (χ1) is 10.1. The molecule has 0 saturated carbocycles. The lowest BCUT2D eigenvalue weighted by Gasteiger charge is -2.04. The molecule has 0 heterocycles. The van der Waals surface area contributed by atoms with Crippen LogP contribution in [0, 0.1) is 10.1 Å². The number of nitro benzene ring substituents is 1. The van der Waals surface area contributed by atoms with Crippen LogP contribution >= 0.6 is 0 Å². The van der Waals surface area contributed by atoms with Crippen LogP contribution in [0.1, 0.15) is 15.9 Å². The van der Waals surface area contributed by atoms with Crippen LogP contribution in [0.25, 0.3) is 6.08 Å². The van der Waals surface area contributed by atoms with Gasteiger partial charge in [0, 0.05) is 12.1 Å². The zero-order valence-electron chi connectivity index (χ0n) is 11.4. The van der Waals surface area contributed by atoms with E-state index in [2.05, 4.69) is 0 Å². The predicted octanol–water partition coefficient (Wildman–Crippen LogP) is 3.50. The lowest BCUT2D eigenvalue weighted by molar-refractivity contribution is -0.384. The fraction of sp³-hybridized carbons (Fsp3) is 0.0625. The Bertz CT molecular complexity index is 707. The summed E-state index contributed by atoms with van der Waals surface area (Å²) in [6.45, 7) is 0. The Balaban J connectivity index is 2.23. The van der Waals surface area contributed by atoms with Crippen LogP contribution in [0.2, 0.25) is 0 Å². The number of benzene rings is 2. The molecular formula is C16H13NO4. The maximum absolute atomic E-state index is 12.1. The van der Waals surface area contributed by atoms with E-state index < -0.39 is 4.92 Å². The summed E-state index contributed by atoms with van der Waals surface area (Å²) < 4.78 is 5.13. The van der Waals surface area contributed by atoms with E-state index in [1.54, 1.807) is 42.5 Å². The summed E-state index contributed by atoms with van der Waals surface area (Å²) in [5.41, 5.74) is 1.02. The number of hydrogen-bond acceptors (Lipinski definition) is 4. The van der Waals surface area contributed by atoms with Crippen molar-refractivity contribution in [2.75, 3.05) is 7.11 Å². The molecule has 0 aromatic heterocycles. The third-order valence-corrected chi connectivity index (χ3v) is 2.88. The summed E-state index contributed by atoms with van der Waals surface area (Å²) in [4.78, 5) is 22.3. The molecule has 0 aliphatic carbocycles. The lowest BCUT2D eigenvalue weighted by atomic mass is 10.1. The van der Waals surface area contributed by atoms with Gasteiger partial charge in [0.2, 0.25) is 0 Å². The number of non-ortho nitro benzene ring substituents is 1. The van der Waals surface area contributed by atoms with Crippen LogP contribution in [-0.2, 0) is 0 Å². The molecule has 2 aromatic rings. The average molecular weight is 283 g/mol. The van der Waals surface area contributed by atoms with Gasteiger partial charge in [-0.15, -0.1) is 0 Å². The van der Waals surface area contributed by atoms with Gasteiger partial charge in [-0.05, 0) is 23.8 Å². The molecule has 2 rings (SSSR count). The molecule has 0 aliphatic rings. The molecular weight excluding hydrogens is 270 g/mol. The van der Waals surface area contributed by atoms with E-state index in [0.717, 1.165) is 0 Å². The summed E-state index contributed by atoms with van der Waals surface area (Å²) in [7, 11) is 1.50. The first kappa shape index (κ1) is 14.5. The first-order valence-electron chi connectivity index (χ1n) is 6.21. The van der Waals surface area contributed by atoms with Gasteiger partial charge >= 0.3 is 0 Å². The first-order valence-corrected chi connectivity index (χ1v) is 6.21. The molecule has 0 aliphatic heterocycles. The maximum atomic E-state index is 12.1. The molecule has 5 nitrogen and oxygen atoms in total. The zero-order valence-corrected chi connectivity index (χ0v) is 11.4. The van der Waals surface area contributed by atoms with Gasteiger partial charge in [-0.1, -0.05) is 30.3 Å². The second-order valence-corrected chi connectivity index (χ2v) is 4.25. The van der Waals surface area contributed by atoms with Crippen LogP contribution < -0.4 is 4.74 Å². The van der Waals surface area contributed by atoms with Gasteiger partial charge in [0.05, 0.1) is 17.6 Å². The van der Waals surface area contributed by atoms with Gasteiger partial charge < -0.3 is 4.74 Å². The van der Waals surface area contributed by atoms with Crippen molar-refractivity contribution in [3.63, 3.8) is 0 Å². The number of carbonyl (C=O) groups is 1. The van der Waals surface area contributed by atoms with E-state index in [1.807, 2.05) is 0 Å². The van der Waals surface area contributed by atoms with Crippen LogP contribution in [0.3, 0.4) is 0 Å². The van der Waals surface area contributed by atoms with Gasteiger partial charge in [0.1, 0.15) is 5.75 Å². The third-order valence-electron chi connectivity index (χ3n) is 2.88. The summed E-state index contributed by atoms with van der Waals surface area (Å²) in [6, 6.07) is 13.0. The number of methoxy groups -OCH3 is 1. The summed E-state index contributed by atoms with van der Waals surface area (Å²) >= 11 is 0. The SMILES string of the molecule is COc1ccccc1C(=O)/C=C/c1cccc([N+](=O)[O-])c1.